The van der Waals surface area contributed by atoms with E-state index in [-0.39, 0.29) is 15.6 Å². The standard InChI is InChI=1S/C31H30BrNO5S2/c1-31(2,3)22-13-11-19(12-14-22)18-38-27-23(32)15-20(16-24(27)36-4)17-25-28(34)33(30(39)40-25)26(29(35)37-5)21-9-7-6-8-10-21/h6-17,26H,18H2,1-5H3/b25-17+. The molecule has 9 heteroatoms. The molecule has 4 rings (SSSR count). The van der Waals surface area contributed by atoms with Crippen molar-refractivity contribution in [1.29, 1.82) is 0 Å². The Morgan fingerprint density at radius 1 is 1.07 bits per heavy atom. The molecule has 1 amide bonds. The number of methoxy groups -OCH3 is 2. The van der Waals surface area contributed by atoms with Gasteiger partial charge in [-0.15, -0.1) is 0 Å². The number of hydrogen-bond donors (Lipinski definition) is 0. The maximum atomic E-state index is 13.5. The van der Waals surface area contributed by atoms with Crippen LogP contribution in [0.5, 0.6) is 11.5 Å². The van der Waals surface area contributed by atoms with E-state index >= 15 is 0 Å². The van der Waals surface area contributed by atoms with Crippen LogP contribution in [-0.4, -0.2) is 35.3 Å². The number of benzene rings is 3. The molecule has 1 aliphatic heterocycles. The average Bonchev–Trinajstić information content (AvgIpc) is 3.20. The molecule has 3 aromatic rings. The van der Waals surface area contributed by atoms with Crippen LogP contribution in [0.15, 0.2) is 76.1 Å². The molecule has 0 spiro atoms. The maximum Gasteiger partial charge on any atom is 0.333 e. The van der Waals surface area contributed by atoms with Gasteiger partial charge >= 0.3 is 5.97 Å². The Balaban J connectivity index is 1.57. The summed E-state index contributed by atoms with van der Waals surface area (Å²) in [5, 5.41) is 0. The number of carbonyl (C=O) groups is 2. The lowest BCUT2D eigenvalue weighted by atomic mass is 9.87. The van der Waals surface area contributed by atoms with Crippen molar-refractivity contribution >= 4 is 62.2 Å². The number of thiocarbonyl (C=S) groups is 1. The number of carbonyl (C=O) groups excluding carboxylic acids is 2. The second kappa shape index (κ2) is 12.6. The number of thioether (sulfide) groups is 1. The molecule has 1 atom stereocenters. The minimum absolute atomic E-state index is 0.0809. The fourth-order valence-corrected chi connectivity index (χ4v) is 6.10. The van der Waals surface area contributed by atoms with E-state index in [4.69, 9.17) is 26.4 Å². The molecule has 0 aliphatic carbocycles. The number of hydrogen-bond acceptors (Lipinski definition) is 7. The molecular formula is C31H30BrNO5S2. The number of amides is 1. The van der Waals surface area contributed by atoms with Crippen molar-refractivity contribution in [2.45, 2.75) is 38.8 Å². The largest absolute Gasteiger partial charge is 0.493 e. The van der Waals surface area contributed by atoms with Gasteiger partial charge in [0.15, 0.2) is 17.5 Å². The summed E-state index contributed by atoms with van der Waals surface area (Å²) >= 11 is 10.3. The first-order valence-electron chi connectivity index (χ1n) is 12.5. The molecule has 208 valence electrons. The van der Waals surface area contributed by atoms with Crippen molar-refractivity contribution in [2.24, 2.45) is 0 Å². The molecule has 0 saturated carbocycles. The third-order valence-electron chi connectivity index (χ3n) is 6.37. The van der Waals surface area contributed by atoms with Gasteiger partial charge in [-0.2, -0.15) is 0 Å². The Morgan fingerprint density at radius 3 is 2.35 bits per heavy atom. The van der Waals surface area contributed by atoms with Gasteiger partial charge in [0, 0.05) is 0 Å². The summed E-state index contributed by atoms with van der Waals surface area (Å²) in [7, 11) is 2.86. The predicted molar refractivity (Wildman–Crippen MR) is 166 cm³/mol. The van der Waals surface area contributed by atoms with Crippen LogP contribution in [0, 0.1) is 0 Å². The fraction of sp³-hybridized carbons (Fsp3) is 0.258. The molecule has 0 bridgehead atoms. The van der Waals surface area contributed by atoms with Gasteiger partial charge in [-0.3, -0.25) is 9.69 Å². The molecular weight excluding hydrogens is 610 g/mol. The Hall–Kier alpha value is -3.14. The van der Waals surface area contributed by atoms with Crippen molar-refractivity contribution in [1.82, 2.24) is 4.90 Å². The van der Waals surface area contributed by atoms with E-state index in [1.54, 1.807) is 43.5 Å². The van der Waals surface area contributed by atoms with Crippen LogP contribution in [0.3, 0.4) is 0 Å². The predicted octanol–water partition coefficient (Wildman–Crippen LogP) is 7.45. The summed E-state index contributed by atoms with van der Waals surface area (Å²) in [6.07, 6.45) is 1.72. The topological polar surface area (TPSA) is 65.1 Å². The SMILES string of the molecule is COC(=O)C(c1ccccc1)N1C(=O)/C(=C\c2cc(Br)c(OCc3ccc(C(C)(C)C)cc3)c(OC)c2)SC1=S. The van der Waals surface area contributed by atoms with Gasteiger partial charge in [0.05, 0.1) is 23.6 Å². The summed E-state index contributed by atoms with van der Waals surface area (Å²) in [6.45, 7) is 6.91. The van der Waals surface area contributed by atoms with Gasteiger partial charge in [0.25, 0.3) is 5.91 Å². The third kappa shape index (κ3) is 6.59. The van der Waals surface area contributed by atoms with Crippen LogP contribution in [0.4, 0.5) is 0 Å². The highest BCUT2D eigenvalue weighted by molar-refractivity contribution is 9.10. The van der Waals surface area contributed by atoms with Gasteiger partial charge in [-0.25, -0.2) is 4.79 Å². The van der Waals surface area contributed by atoms with E-state index in [0.717, 1.165) is 17.3 Å². The lowest BCUT2D eigenvalue weighted by Crippen LogP contribution is -2.37. The normalized spacial score (nSPS) is 15.3. The zero-order valence-corrected chi connectivity index (χ0v) is 26.1. The molecule has 0 aromatic heterocycles. The monoisotopic (exact) mass is 639 g/mol. The van der Waals surface area contributed by atoms with E-state index in [9.17, 15) is 9.59 Å². The third-order valence-corrected chi connectivity index (χ3v) is 8.29. The zero-order valence-electron chi connectivity index (χ0n) is 22.9. The quantitative estimate of drug-likeness (QED) is 0.144. The summed E-state index contributed by atoms with van der Waals surface area (Å²) < 4.78 is 17.7. The van der Waals surface area contributed by atoms with Crippen LogP contribution >= 0.6 is 39.9 Å². The van der Waals surface area contributed by atoms with Crippen molar-refractivity contribution < 1.29 is 23.8 Å². The minimum Gasteiger partial charge on any atom is -0.493 e. The van der Waals surface area contributed by atoms with E-state index in [0.29, 0.717) is 38.6 Å². The number of ether oxygens (including phenoxy) is 3. The highest BCUT2D eigenvalue weighted by Crippen LogP contribution is 2.41. The zero-order chi connectivity index (χ0) is 29.0. The smallest absolute Gasteiger partial charge is 0.333 e. The van der Waals surface area contributed by atoms with Crippen molar-refractivity contribution in [2.75, 3.05) is 14.2 Å². The summed E-state index contributed by atoms with van der Waals surface area (Å²) in [5.74, 6) is 0.132. The number of rotatable bonds is 8. The lowest BCUT2D eigenvalue weighted by molar-refractivity contribution is -0.148. The molecule has 1 aliphatic rings. The van der Waals surface area contributed by atoms with E-state index < -0.39 is 12.0 Å². The van der Waals surface area contributed by atoms with Gasteiger partial charge < -0.3 is 14.2 Å². The van der Waals surface area contributed by atoms with Gasteiger partial charge in [-0.05, 0) is 61.8 Å². The molecule has 6 nitrogen and oxygen atoms in total. The number of nitrogens with zero attached hydrogens (tertiary/aromatic N) is 1. The fourth-order valence-electron chi connectivity index (χ4n) is 4.21. The molecule has 40 heavy (non-hydrogen) atoms. The first-order chi connectivity index (χ1) is 19.0. The average molecular weight is 641 g/mol. The number of halogens is 1. The lowest BCUT2D eigenvalue weighted by Gasteiger charge is -2.24. The van der Waals surface area contributed by atoms with E-state index in [2.05, 4.69) is 61.0 Å². The number of esters is 1. The van der Waals surface area contributed by atoms with E-state index in [1.165, 1.54) is 17.6 Å². The molecule has 1 fully saturated rings. The van der Waals surface area contributed by atoms with Crippen LogP contribution in [0.1, 0.15) is 49.1 Å². The van der Waals surface area contributed by atoms with Gasteiger partial charge in [0.2, 0.25) is 0 Å². The molecule has 1 saturated heterocycles. The van der Waals surface area contributed by atoms with Crippen molar-refractivity contribution in [3.05, 3.63) is 98.4 Å². The van der Waals surface area contributed by atoms with Crippen molar-refractivity contribution in [3.8, 4) is 11.5 Å². The van der Waals surface area contributed by atoms with Crippen molar-refractivity contribution in [3.63, 3.8) is 0 Å². The Kier molecular flexibility index (Phi) is 9.38. The summed E-state index contributed by atoms with van der Waals surface area (Å²) in [4.78, 5) is 27.9. The first kappa shape index (κ1) is 29.8. The van der Waals surface area contributed by atoms with Crippen LogP contribution in [0.25, 0.3) is 6.08 Å². The van der Waals surface area contributed by atoms with Crippen LogP contribution in [0.2, 0.25) is 0 Å². The second-order valence-electron chi connectivity index (χ2n) is 10.2. The maximum absolute atomic E-state index is 13.5. The van der Waals surface area contributed by atoms with Gasteiger partial charge in [-0.1, -0.05) is 99.3 Å². The molecule has 0 N–H and O–H groups in total. The molecule has 1 heterocycles. The first-order valence-corrected chi connectivity index (χ1v) is 14.5. The summed E-state index contributed by atoms with van der Waals surface area (Å²) in [5.41, 5.74) is 3.70. The van der Waals surface area contributed by atoms with Crippen LogP contribution < -0.4 is 9.47 Å². The van der Waals surface area contributed by atoms with Gasteiger partial charge in [0.1, 0.15) is 10.9 Å². The molecule has 3 aromatic carbocycles. The van der Waals surface area contributed by atoms with Crippen LogP contribution in [-0.2, 0) is 26.3 Å². The Morgan fingerprint density at radius 2 is 1.75 bits per heavy atom. The highest BCUT2D eigenvalue weighted by Gasteiger charge is 2.42. The van der Waals surface area contributed by atoms with E-state index in [1.807, 2.05) is 12.1 Å². The minimum atomic E-state index is -0.973. The molecule has 1 unspecified atom stereocenters. The Bertz CT molecular complexity index is 1450. The summed E-state index contributed by atoms with van der Waals surface area (Å²) in [6, 6.07) is 20.0. The molecule has 0 radical (unpaired) electrons. The Labute approximate surface area is 252 Å². The second-order valence-corrected chi connectivity index (χ2v) is 12.7. The highest BCUT2D eigenvalue weighted by atomic mass is 79.9.